The van der Waals surface area contributed by atoms with Gasteiger partial charge in [0, 0.05) is 12.1 Å². The molecule has 3 aromatic carbocycles. The summed E-state index contributed by atoms with van der Waals surface area (Å²) in [5.74, 6) is 0.696. The summed E-state index contributed by atoms with van der Waals surface area (Å²) < 4.78 is 12.3. The van der Waals surface area contributed by atoms with Crippen molar-refractivity contribution in [2.45, 2.75) is 13.2 Å². The second kappa shape index (κ2) is 10.9. The van der Waals surface area contributed by atoms with Crippen molar-refractivity contribution < 1.29 is 24.0 Å². The molecule has 0 aromatic heterocycles. The lowest BCUT2D eigenvalue weighted by molar-refractivity contribution is -0.384. The maximum Gasteiger partial charge on any atom is 0.293 e. The average molecular weight is 602 g/mol. The molecule has 178 valence electrons. The van der Waals surface area contributed by atoms with Gasteiger partial charge >= 0.3 is 0 Å². The van der Waals surface area contributed by atoms with Crippen molar-refractivity contribution in [2.75, 3.05) is 7.11 Å². The first kappa shape index (κ1) is 24.7. The maximum atomic E-state index is 12.9. The highest BCUT2D eigenvalue weighted by molar-refractivity contribution is 14.1. The summed E-state index contributed by atoms with van der Waals surface area (Å²) in [6.45, 7) is 0.418. The lowest BCUT2D eigenvalue weighted by Crippen LogP contribution is -2.27. The van der Waals surface area contributed by atoms with Crippen LogP contribution >= 0.6 is 34.4 Å². The average Bonchev–Trinajstić information content (AvgIpc) is 3.11. The number of nitro groups is 1. The number of nitro benzene ring substituents is 1. The summed E-state index contributed by atoms with van der Waals surface area (Å²) in [5.41, 5.74) is 2.29. The third-order valence-corrected chi connectivity index (χ3v) is 6.85. The van der Waals surface area contributed by atoms with Gasteiger partial charge in [0.25, 0.3) is 16.8 Å². The van der Waals surface area contributed by atoms with Crippen LogP contribution < -0.4 is 9.47 Å². The van der Waals surface area contributed by atoms with E-state index in [-0.39, 0.29) is 17.1 Å². The molecule has 4 rings (SSSR count). The molecule has 0 N–H and O–H groups in total. The number of non-ortho nitro benzene ring substituents is 1. The van der Waals surface area contributed by atoms with Gasteiger partial charge in [-0.2, -0.15) is 0 Å². The number of ether oxygens (including phenoxy) is 2. The van der Waals surface area contributed by atoms with Crippen LogP contribution in [0, 0.1) is 13.7 Å². The zero-order valence-electron chi connectivity index (χ0n) is 18.5. The molecule has 0 spiro atoms. The number of hydrogen-bond acceptors (Lipinski definition) is 7. The molecule has 1 aliphatic rings. The first-order valence-electron chi connectivity index (χ1n) is 10.4. The van der Waals surface area contributed by atoms with Gasteiger partial charge in [0.05, 0.1) is 27.1 Å². The van der Waals surface area contributed by atoms with Crippen molar-refractivity contribution in [3.63, 3.8) is 0 Å². The predicted octanol–water partition coefficient (Wildman–Crippen LogP) is 6.02. The fourth-order valence-electron chi connectivity index (χ4n) is 3.39. The predicted molar refractivity (Wildman–Crippen MR) is 141 cm³/mol. The second-order valence-electron chi connectivity index (χ2n) is 7.50. The van der Waals surface area contributed by atoms with E-state index in [2.05, 4.69) is 22.6 Å². The van der Waals surface area contributed by atoms with Crippen molar-refractivity contribution >= 4 is 57.3 Å². The molecule has 8 nitrogen and oxygen atoms in total. The van der Waals surface area contributed by atoms with Gasteiger partial charge in [-0.3, -0.25) is 24.6 Å². The van der Waals surface area contributed by atoms with E-state index in [9.17, 15) is 19.7 Å². The van der Waals surface area contributed by atoms with Crippen LogP contribution in [-0.2, 0) is 17.9 Å². The monoisotopic (exact) mass is 602 g/mol. The van der Waals surface area contributed by atoms with Crippen LogP contribution in [0.3, 0.4) is 0 Å². The van der Waals surface area contributed by atoms with Gasteiger partial charge in [-0.25, -0.2) is 0 Å². The second-order valence-corrected chi connectivity index (χ2v) is 9.66. The molecule has 1 saturated heterocycles. The summed E-state index contributed by atoms with van der Waals surface area (Å²) in [4.78, 5) is 37.2. The van der Waals surface area contributed by atoms with E-state index >= 15 is 0 Å². The summed E-state index contributed by atoms with van der Waals surface area (Å²) >= 11 is 3.00. The van der Waals surface area contributed by atoms with Gasteiger partial charge in [0.15, 0.2) is 11.5 Å². The molecule has 0 bridgehead atoms. The minimum absolute atomic E-state index is 0.0348. The van der Waals surface area contributed by atoms with Crippen LogP contribution in [0.5, 0.6) is 11.5 Å². The van der Waals surface area contributed by atoms with E-state index in [1.54, 1.807) is 19.3 Å². The number of imide groups is 1. The third-order valence-electron chi connectivity index (χ3n) is 5.14. The largest absolute Gasteiger partial charge is 0.493 e. The molecule has 35 heavy (non-hydrogen) atoms. The molecular formula is C25H19IN2O6S. The van der Waals surface area contributed by atoms with Gasteiger partial charge in [-0.05, 0) is 69.3 Å². The molecule has 10 heteroatoms. The highest BCUT2D eigenvalue weighted by atomic mass is 127. The Morgan fingerprint density at radius 3 is 2.43 bits per heavy atom. The van der Waals surface area contributed by atoms with E-state index in [1.807, 2.05) is 36.4 Å². The topological polar surface area (TPSA) is 99.0 Å². The van der Waals surface area contributed by atoms with Gasteiger partial charge < -0.3 is 9.47 Å². The summed E-state index contributed by atoms with van der Waals surface area (Å²) in [7, 11) is 1.54. The first-order valence-corrected chi connectivity index (χ1v) is 12.3. The molecular weight excluding hydrogens is 583 g/mol. The number of carbonyl (C=O) groups is 2. The lowest BCUT2D eigenvalue weighted by atomic mass is 10.1. The molecule has 0 atom stereocenters. The Hall–Kier alpha value is -3.38. The van der Waals surface area contributed by atoms with Crippen molar-refractivity contribution in [1.29, 1.82) is 0 Å². The normalized spacial score (nSPS) is 14.5. The quantitative estimate of drug-likeness (QED) is 0.135. The number of hydrogen-bond donors (Lipinski definition) is 0. The van der Waals surface area contributed by atoms with Crippen molar-refractivity contribution in [3.8, 4) is 11.5 Å². The Morgan fingerprint density at radius 2 is 1.77 bits per heavy atom. The minimum atomic E-state index is -0.500. The molecule has 2 amide bonds. The number of thioether (sulfide) groups is 1. The smallest absolute Gasteiger partial charge is 0.293 e. The lowest BCUT2D eigenvalue weighted by Gasteiger charge is -2.14. The zero-order valence-corrected chi connectivity index (χ0v) is 21.4. The first-order chi connectivity index (χ1) is 16.9. The molecule has 0 aliphatic carbocycles. The van der Waals surface area contributed by atoms with Crippen LogP contribution in [0.4, 0.5) is 10.5 Å². The Balaban J connectivity index is 1.51. The van der Waals surface area contributed by atoms with E-state index in [4.69, 9.17) is 9.47 Å². The molecule has 0 radical (unpaired) electrons. The van der Waals surface area contributed by atoms with Gasteiger partial charge in [0.1, 0.15) is 6.61 Å². The number of benzene rings is 3. The van der Waals surface area contributed by atoms with E-state index < -0.39 is 16.1 Å². The standard InChI is InChI=1S/C25H19IN2O6S/c1-33-21-12-18(11-20(26)23(21)34-15-17-5-3-2-4-6-17)13-22-24(29)27(25(30)35-22)14-16-7-9-19(10-8-16)28(31)32/h2-13H,14-15H2,1H3/b22-13-. The molecule has 3 aromatic rings. The van der Waals surface area contributed by atoms with Gasteiger partial charge in [-0.1, -0.05) is 42.5 Å². The van der Waals surface area contributed by atoms with Crippen LogP contribution in [0.2, 0.25) is 0 Å². The zero-order chi connectivity index (χ0) is 24.9. The van der Waals surface area contributed by atoms with Crippen molar-refractivity contribution in [3.05, 3.63) is 102 Å². The maximum absolute atomic E-state index is 12.9. The van der Waals surface area contributed by atoms with E-state index in [0.29, 0.717) is 29.2 Å². The van der Waals surface area contributed by atoms with Crippen LogP contribution in [0.1, 0.15) is 16.7 Å². The summed E-state index contributed by atoms with van der Waals surface area (Å²) in [6, 6.07) is 19.1. The molecule has 0 saturated carbocycles. The fraction of sp³-hybridized carbons (Fsp3) is 0.120. The Kier molecular flexibility index (Phi) is 7.71. The minimum Gasteiger partial charge on any atom is -0.493 e. The van der Waals surface area contributed by atoms with Crippen molar-refractivity contribution in [1.82, 2.24) is 4.90 Å². The Bertz CT molecular complexity index is 1310. The molecule has 1 fully saturated rings. The van der Waals surface area contributed by atoms with Gasteiger partial charge in [-0.15, -0.1) is 0 Å². The fourth-order valence-corrected chi connectivity index (χ4v) is 5.01. The summed E-state index contributed by atoms with van der Waals surface area (Å²) in [6.07, 6.45) is 1.65. The van der Waals surface area contributed by atoms with Crippen molar-refractivity contribution in [2.24, 2.45) is 0 Å². The highest BCUT2D eigenvalue weighted by Crippen LogP contribution is 2.38. The van der Waals surface area contributed by atoms with E-state index in [1.165, 1.54) is 24.3 Å². The SMILES string of the molecule is COc1cc(/C=C2\SC(=O)N(Cc3ccc([N+](=O)[O-])cc3)C2=O)cc(I)c1OCc1ccccc1. The molecule has 0 unspecified atom stereocenters. The number of rotatable bonds is 8. The van der Waals surface area contributed by atoms with Gasteiger partial charge in [0.2, 0.25) is 0 Å². The third kappa shape index (κ3) is 5.82. The van der Waals surface area contributed by atoms with Crippen LogP contribution in [-0.4, -0.2) is 28.1 Å². The van der Waals surface area contributed by atoms with Crippen LogP contribution in [0.25, 0.3) is 6.08 Å². The number of amides is 2. The molecule has 1 heterocycles. The number of carbonyl (C=O) groups excluding carboxylic acids is 2. The Labute approximate surface area is 219 Å². The number of methoxy groups -OCH3 is 1. The van der Waals surface area contributed by atoms with Crippen LogP contribution in [0.15, 0.2) is 71.6 Å². The highest BCUT2D eigenvalue weighted by Gasteiger charge is 2.35. The van der Waals surface area contributed by atoms with E-state index in [0.717, 1.165) is 25.8 Å². The summed E-state index contributed by atoms with van der Waals surface area (Å²) in [5, 5.41) is 10.4. The molecule has 1 aliphatic heterocycles. The number of nitrogens with zero attached hydrogens (tertiary/aromatic N) is 2. The Morgan fingerprint density at radius 1 is 1.06 bits per heavy atom. The number of halogens is 1.